The SMILES string of the molecule is CSc1ccc(CN(C)C(=O)/C=C/c2ccc(C(=O)NC3CC3)cc2)cc1. The number of amides is 2. The number of benzene rings is 2. The van der Waals surface area contributed by atoms with Crippen LogP contribution in [0.4, 0.5) is 0 Å². The van der Waals surface area contributed by atoms with Crippen LogP contribution in [-0.2, 0) is 11.3 Å². The van der Waals surface area contributed by atoms with E-state index in [1.807, 2.05) is 30.5 Å². The largest absolute Gasteiger partial charge is 0.349 e. The van der Waals surface area contributed by atoms with Gasteiger partial charge >= 0.3 is 0 Å². The highest BCUT2D eigenvalue weighted by molar-refractivity contribution is 7.98. The lowest BCUT2D eigenvalue weighted by molar-refractivity contribution is -0.125. The van der Waals surface area contributed by atoms with Gasteiger partial charge in [0.25, 0.3) is 5.91 Å². The number of likely N-dealkylation sites (N-methyl/N-ethyl adjacent to an activating group) is 1. The van der Waals surface area contributed by atoms with Gasteiger partial charge in [-0.3, -0.25) is 9.59 Å². The molecule has 1 saturated carbocycles. The summed E-state index contributed by atoms with van der Waals surface area (Å²) < 4.78 is 0. The lowest BCUT2D eigenvalue weighted by atomic mass is 10.1. The Morgan fingerprint density at radius 3 is 2.37 bits per heavy atom. The second-order valence-corrected chi connectivity index (χ2v) is 7.63. The van der Waals surface area contributed by atoms with E-state index in [4.69, 9.17) is 0 Å². The Bertz CT molecular complexity index is 824. The molecule has 0 unspecified atom stereocenters. The lowest BCUT2D eigenvalue weighted by Gasteiger charge is -2.15. The predicted molar refractivity (Wildman–Crippen MR) is 111 cm³/mol. The van der Waals surface area contributed by atoms with Crippen molar-refractivity contribution in [3.05, 3.63) is 71.3 Å². The summed E-state index contributed by atoms with van der Waals surface area (Å²) in [5, 5.41) is 2.97. The third-order valence-electron chi connectivity index (χ3n) is 4.46. The molecule has 1 N–H and O–H groups in total. The first-order valence-electron chi connectivity index (χ1n) is 9.02. The standard InChI is InChI=1S/C22H24N2O2S/c1-24(15-17-5-12-20(27-2)13-6-17)21(25)14-7-16-3-8-18(9-4-16)22(26)23-19-10-11-19/h3-9,12-14,19H,10-11,15H2,1-2H3,(H,23,26)/b14-7+. The number of nitrogens with zero attached hydrogens (tertiary/aromatic N) is 1. The number of hydrogen-bond acceptors (Lipinski definition) is 3. The van der Waals surface area contributed by atoms with Crippen molar-refractivity contribution >= 4 is 29.7 Å². The molecule has 27 heavy (non-hydrogen) atoms. The van der Waals surface area contributed by atoms with Gasteiger partial charge in [0.2, 0.25) is 5.91 Å². The van der Waals surface area contributed by atoms with Gasteiger partial charge < -0.3 is 10.2 Å². The maximum Gasteiger partial charge on any atom is 0.251 e. The van der Waals surface area contributed by atoms with Gasteiger partial charge in [-0.15, -0.1) is 11.8 Å². The topological polar surface area (TPSA) is 49.4 Å². The summed E-state index contributed by atoms with van der Waals surface area (Å²) in [7, 11) is 1.79. The van der Waals surface area contributed by atoms with Crippen molar-refractivity contribution in [3.8, 4) is 0 Å². The molecule has 0 saturated heterocycles. The summed E-state index contributed by atoms with van der Waals surface area (Å²) in [4.78, 5) is 27.2. The van der Waals surface area contributed by atoms with Gasteiger partial charge in [-0.25, -0.2) is 0 Å². The Labute approximate surface area is 164 Å². The van der Waals surface area contributed by atoms with Crippen molar-refractivity contribution in [1.29, 1.82) is 0 Å². The Kier molecular flexibility index (Phi) is 6.35. The van der Waals surface area contributed by atoms with E-state index in [0.717, 1.165) is 24.0 Å². The van der Waals surface area contributed by atoms with Crippen LogP contribution in [0, 0.1) is 0 Å². The Balaban J connectivity index is 1.53. The molecule has 2 amide bonds. The van der Waals surface area contributed by atoms with Crippen molar-refractivity contribution < 1.29 is 9.59 Å². The van der Waals surface area contributed by atoms with Crippen LogP contribution in [0.3, 0.4) is 0 Å². The maximum atomic E-state index is 12.3. The molecule has 1 aliphatic carbocycles. The number of carbonyl (C=O) groups is 2. The molecule has 0 spiro atoms. The van der Waals surface area contributed by atoms with E-state index in [1.165, 1.54) is 4.90 Å². The lowest BCUT2D eigenvalue weighted by Crippen LogP contribution is -2.25. The van der Waals surface area contributed by atoms with Crippen LogP contribution in [-0.4, -0.2) is 36.1 Å². The first-order valence-corrected chi connectivity index (χ1v) is 10.2. The molecule has 0 heterocycles. The van der Waals surface area contributed by atoms with Gasteiger partial charge in [0.15, 0.2) is 0 Å². The van der Waals surface area contributed by atoms with Crippen molar-refractivity contribution in [3.63, 3.8) is 0 Å². The molecule has 4 nitrogen and oxygen atoms in total. The fraction of sp³-hybridized carbons (Fsp3) is 0.273. The fourth-order valence-electron chi connectivity index (χ4n) is 2.62. The van der Waals surface area contributed by atoms with E-state index in [9.17, 15) is 9.59 Å². The Hall–Kier alpha value is -2.53. The third kappa shape index (κ3) is 5.73. The molecule has 5 heteroatoms. The van der Waals surface area contributed by atoms with Crippen LogP contribution in [0.5, 0.6) is 0 Å². The number of hydrogen-bond donors (Lipinski definition) is 1. The summed E-state index contributed by atoms with van der Waals surface area (Å²) in [6.45, 7) is 0.568. The van der Waals surface area contributed by atoms with Crippen LogP contribution < -0.4 is 5.32 Å². The average molecular weight is 381 g/mol. The van der Waals surface area contributed by atoms with Gasteiger partial charge in [-0.2, -0.15) is 0 Å². The Morgan fingerprint density at radius 1 is 1.11 bits per heavy atom. The van der Waals surface area contributed by atoms with E-state index in [0.29, 0.717) is 18.2 Å². The molecule has 0 atom stereocenters. The minimum absolute atomic E-state index is 0.0312. The zero-order chi connectivity index (χ0) is 19.2. The number of nitrogens with one attached hydrogen (secondary N) is 1. The highest BCUT2D eigenvalue weighted by Crippen LogP contribution is 2.19. The van der Waals surface area contributed by atoms with Crippen LogP contribution in [0.2, 0.25) is 0 Å². The molecule has 2 aromatic carbocycles. The number of rotatable bonds is 7. The maximum absolute atomic E-state index is 12.3. The van der Waals surface area contributed by atoms with Gasteiger partial charge in [0, 0.05) is 36.2 Å². The van der Waals surface area contributed by atoms with Gasteiger partial charge in [-0.1, -0.05) is 24.3 Å². The summed E-state index contributed by atoms with van der Waals surface area (Å²) in [6, 6.07) is 15.9. The zero-order valence-corrected chi connectivity index (χ0v) is 16.5. The second kappa shape index (κ2) is 8.91. The molecule has 0 aliphatic heterocycles. The molecule has 140 valence electrons. The first kappa shape index (κ1) is 19.2. The minimum atomic E-state index is -0.0560. The van der Waals surface area contributed by atoms with Crippen LogP contribution >= 0.6 is 11.8 Å². The molecular weight excluding hydrogens is 356 g/mol. The van der Waals surface area contributed by atoms with Gasteiger partial charge in [-0.05, 0) is 60.6 Å². The summed E-state index contributed by atoms with van der Waals surface area (Å²) in [5.41, 5.74) is 2.64. The van der Waals surface area contributed by atoms with Crippen LogP contribution in [0.25, 0.3) is 6.08 Å². The van der Waals surface area contributed by atoms with E-state index in [2.05, 4.69) is 17.4 Å². The normalized spacial score (nSPS) is 13.6. The third-order valence-corrected chi connectivity index (χ3v) is 5.20. The monoisotopic (exact) mass is 380 g/mol. The summed E-state index contributed by atoms with van der Waals surface area (Å²) >= 11 is 1.70. The summed E-state index contributed by atoms with van der Waals surface area (Å²) in [6.07, 6.45) is 7.53. The predicted octanol–water partition coefficient (Wildman–Crippen LogP) is 3.97. The molecule has 0 radical (unpaired) electrons. The number of carbonyl (C=O) groups excluding carboxylic acids is 2. The smallest absolute Gasteiger partial charge is 0.251 e. The van der Waals surface area contributed by atoms with E-state index >= 15 is 0 Å². The van der Waals surface area contributed by atoms with Crippen molar-refractivity contribution in [2.45, 2.75) is 30.3 Å². The summed E-state index contributed by atoms with van der Waals surface area (Å²) in [5.74, 6) is -0.0872. The molecule has 0 bridgehead atoms. The zero-order valence-electron chi connectivity index (χ0n) is 15.6. The molecule has 0 aromatic heterocycles. The molecule has 2 aromatic rings. The van der Waals surface area contributed by atoms with E-state index < -0.39 is 0 Å². The van der Waals surface area contributed by atoms with E-state index in [1.54, 1.807) is 48.0 Å². The minimum Gasteiger partial charge on any atom is -0.349 e. The molecular formula is C22H24N2O2S. The first-order chi connectivity index (χ1) is 13.0. The second-order valence-electron chi connectivity index (χ2n) is 6.75. The van der Waals surface area contributed by atoms with Crippen molar-refractivity contribution in [1.82, 2.24) is 10.2 Å². The Morgan fingerprint density at radius 2 is 1.78 bits per heavy atom. The quantitative estimate of drug-likeness (QED) is 0.584. The van der Waals surface area contributed by atoms with Crippen molar-refractivity contribution in [2.75, 3.05) is 13.3 Å². The molecule has 3 rings (SSSR count). The average Bonchev–Trinajstić information content (AvgIpc) is 3.51. The van der Waals surface area contributed by atoms with Crippen LogP contribution in [0.15, 0.2) is 59.5 Å². The highest BCUT2D eigenvalue weighted by Gasteiger charge is 2.23. The van der Waals surface area contributed by atoms with Gasteiger partial charge in [0.05, 0.1) is 0 Å². The van der Waals surface area contributed by atoms with Gasteiger partial charge in [0.1, 0.15) is 0 Å². The van der Waals surface area contributed by atoms with E-state index in [-0.39, 0.29) is 11.8 Å². The highest BCUT2D eigenvalue weighted by atomic mass is 32.2. The van der Waals surface area contributed by atoms with Crippen LogP contribution in [0.1, 0.15) is 34.3 Å². The van der Waals surface area contributed by atoms with Crippen molar-refractivity contribution in [2.24, 2.45) is 0 Å². The molecule has 1 fully saturated rings. The molecule has 1 aliphatic rings. The number of thioether (sulfide) groups is 1. The fourth-order valence-corrected chi connectivity index (χ4v) is 3.03.